The van der Waals surface area contributed by atoms with E-state index in [-0.39, 0.29) is 6.10 Å². The molecule has 1 amide bonds. The highest BCUT2D eigenvalue weighted by molar-refractivity contribution is 5.70. The molecular formula is C23H21NO3. The summed E-state index contributed by atoms with van der Waals surface area (Å²) in [7, 11) is 0. The highest BCUT2D eigenvalue weighted by Gasteiger charge is 2.44. The first-order valence-electron chi connectivity index (χ1n) is 9.02. The van der Waals surface area contributed by atoms with Crippen molar-refractivity contribution in [3.8, 4) is 0 Å². The molecule has 0 bridgehead atoms. The van der Waals surface area contributed by atoms with Crippen LogP contribution in [-0.4, -0.2) is 6.09 Å². The molecule has 0 unspecified atom stereocenters. The molecule has 1 aliphatic heterocycles. The number of rotatable bonds is 5. The molecule has 0 saturated carbocycles. The third kappa shape index (κ3) is 3.86. The maximum Gasteiger partial charge on any atom is 0.410 e. The first kappa shape index (κ1) is 17.3. The number of hydrogen-bond donors (Lipinski definition) is 1. The summed E-state index contributed by atoms with van der Waals surface area (Å²) >= 11 is 0. The molecule has 136 valence electrons. The van der Waals surface area contributed by atoms with Gasteiger partial charge in [0.25, 0.3) is 0 Å². The Kier molecular flexibility index (Phi) is 4.90. The van der Waals surface area contributed by atoms with Crippen LogP contribution in [0.25, 0.3) is 0 Å². The van der Waals surface area contributed by atoms with Crippen molar-refractivity contribution in [3.05, 3.63) is 108 Å². The van der Waals surface area contributed by atoms with E-state index in [1.165, 1.54) is 0 Å². The fourth-order valence-electron chi connectivity index (χ4n) is 3.39. The number of carbonyl (C=O) groups excluding carboxylic acids is 1. The lowest BCUT2D eigenvalue weighted by Gasteiger charge is -2.41. The van der Waals surface area contributed by atoms with E-state index in [2.05, 4.69) is 5.32 Å². The van der Waals surface area contributed by atoms with Gasteiger partial charge in [0, 0.05) is 12.0 Å². The fourth-order valence-corrected chi connectivity index (χ4v) is 3.39. The van der Waals surface area contributed by atoms with Crippen LogP contribution in [0.4, 0.5) is 4.79 Å². The molecule has 3 aromatic carbocycles. The quantitative estimate of drug-likeness (QED) is 0.703. The fraction of sp³-hybridized carbons (Fsp3) is 0.174. The molecule has 0 radical (unpaired) electrons. The minimum atomic E-state index is -0.951. The molecule has 1 N–H and O–H groups in total. The molecule has 3 aromatic rings. The molecule has 4 heteroatoms. The summed E-state index contributed by atoms with van der Waals surface area (Å²) in [4.78, 5) is 12.4. The number of hydrogen-bond acceptors (Lipinski definition) is 3. The lowest BCUT2D eigenvalue weighted by Crippen LogP contribution is -2.53. The van der Waals surface area contributed by atoms with Crippen LogP contribution in [0.3, 0.4) is 0 Å². The number of benzene rings is 3. The van der Waals surface area contributed by atoms with Gasteiger partial charge in [-0.3, -0.25) is 5.32 Å². The first-order valence-corrected chi connectivity index (χ1v) is 9.02. The van der Waals surface area contributed by atoms with Crippen molar-refractivity contribution in [1.82, 2.24) is 5.32 Å². The van der Waals surface area contributed by atoms with Gasteiger partial charge >= 0.3 is 6.09 Å². The van der Waals surface area contributed by atoms with Crippen molar-refractivity contribution >= 4 is 6.09 Å². The van der Waals surface area contributed by atoms with Crippen LogP contribution < -0.4 is 5.32 Å². The van der Waals surface area contributed by atoms with Crippen molar-refractivity contribution in [2.75, 3.05) is 0 Å². The Labute approximate surface area is 158 Å². The average Bonchev–Trinajstić information content (AvgIpc) is 2.74. The van der Waals surface area contributed by atoms with Crippen LogP contribution in [0.2, 0.25) is 0 Å². The highest BCUT2D eigenvalue weighted by atomic mass is 16.6. The van der Waals surface area contributed by atoms with Crippen LogP contribution in [0.15, 0.2) is 91.0 Å². The van der Waals surface area contributed by atoms with Gasteiger partial charge < -0.3 is 9.47 Å². The highest BCUT2D eigenvalue weighted by Crippen LogP contribution is 2.39. The molecular weight excluding hydrogens is 338 g/mol. The van der Waals surface area contributed by atoms with Gasteiger partial charge in [-0.1, -0.05) is 91.0 Å². The average molecular weight is 359 g/mol. The third-order valence-corrected chi connectivity index (χ3v) is 4.77. The van der Waals surface area contributed by atoms with Gasteiger partial charge in [-0.15, -0.1) is 0 Å². The van der Waals surface area contributed by atoms with Gasteiger partial charge in [0.1, 0.15) is 6.10 Å². The van der Waals surface area contributed by atoms with Crippen LogP contribution in [0.1, 0.15) is 29.2 Å². The summed E-state index contributed by atoms with van der Waals surface area (Å²) in [6, 6.07) is 29.5. The summed E-state index contributed by atoms with van der Waals surface area (Å²) in [5.41, 5.74) is 1.95. The summed E-state index contributed by atoms with van der Waals surface area (Å²) in [5, 5.41) is 2.93. The zero-order chi connectivity index (χ0) is 18.5. The largest absolute Gasteiger partial charge is 0.441 e. The van der Waals surface area contributed by atoms with Gasteiger partial charge in [0.2, 0.25) is 0 Å². The molecule has 0 aliphatic carbocycles. The Morgan fingerprint density at radius 1 is 0.889 bits per heavy atom. The van der Waals surface area contributed by atoms with E-state index in [0.29, 0.717) is 13.0 Å². The Morgan fingerprint density at radius 3 is 2.15 bits per heavy atom. The van der Waals surface area contributed by atoms with Crippen molar-refractivity contribution in [2.45, 2.75) is 24.9 Å². The van der Waals surface area contributed by atoms with Crippen LogP contribution in [0, 0.1) is 0 Å². The van der Waals surface area contributed by atoms with E-state index in [9.17, 15) is 4.79 Å². The van der Waals surface area contributed by atoms with E-state index in [1.807, 2.05) is 91.0 Å². The molecule has 27 heavy (non-hydrogen) atoms. The van der Waals surface area contributed by atoms with E-state index in [1.54, 1.807) is 0 Å². The van der Waals surface area contributed by atoms with Gasteiger partial charge in [0.05, 0.1) is 6.61 Å². The molecule has 0 aromatic heterocycles. The second-order valence-corrected chi connectivity index (χ2v) is 6.60. The van der Waals surface area contributed by atoms with E-state index in [0.717, 1.165) is 16.7 Å². The second kappa shape index (κ2) is 7.64. The zero-order valence-electron chi connectivity index (χ0n) is 14.9. The Morgan fingerprint density at radius 2 is 1.48 bits per heavy atom. The van der Waals surface area contributed by atoms with E-state index in [4.69, 9.17) is 9.47 Å². The summed E-state index contributed by atoms with van der Waals surface area (Å²) < 4.78 is 11.9. The molecule has 1 aliphatic rings. The molecule has 1 saturated heterocycles. The summed E-state index contributed by atoms with van der Waals surface area (Å²) in [5.74, 6) is 0. The predicted octanol–water partition coefficient (Wildman–Crippen LogP) is 4.93. The Balaban J connectivity index is 1.67. The first-order chi connectivity index (χ1) is 13.3. The number of ether oxygens (including phenoxy) is 2. The maximum atomic E-state index is 12.4. The predicted molar refractivity (Wildman–Crippen MR) is 103 cm³/mol. The standard InChI is InChI=1S/C23H21NO3/c25-22-24-23(20-14-8-3-9-15-20,26-17-18-10-4-1-5-11-18)16-21(27-22)19-12-6-2-7-13-19/h1-15,21H,16-17H2,(H,24,25)/t21-,23-/m0/s1. The zero-order valence-corrected chi connectivity index (χ0v) is 14.9. The number of amides is 1. The van der Waals surface area contributed by atoms with Crippen molar-refractivity contribution < 1.29 is 14.3 Å². The van der Waals surface area contributed by atoms with Gasteiger partial charge in [-0.2, -0.15) is 0 Å². The van der Waals surface area contributed by atoms with Gasteiger partial charge in [-0.05, 0) is 11.1 Å². The third-order valence-electron chi connectivity index (χ3n) is 4.77. The molecule has 4 nitrogen and oxygen atoms in total. The van der Waals surface area contributed by atoms with Crippen molar-refractivity contribution in [1.29, 1.82) is 0 Å². The summed E-state index contributed by atoms with van der Waals surface area (Å²) in [6.45, 7) is 0.386. The normalized spacial score (nSPS) is 21.9. The molecule has 4 rings (SSSR count). The van der Waals surface area contributed by atoms with Gasteiger partial charge in [0.15, 0.2) is 5.72 Å². The maximum absolute atomic E-state index is 12.4. The smallest absolute Gasteiger partial charge is 0.410 e. The molecule has 1 fully saturated rings. The number of cyclic esters (lactones) is 1. The van der Waals surface area contributed by atoms with E-state index >= 15 is 0 Å². The number of alkyl carbamates (subject to hydrolysis) is 1. The lowest BCUT2D eigenvalue weighted by atomic mass is 9.91. The van der Waals surface area contributed by atoms with Gasteiger partial charge in [-0.25, -0.2) is 4.79 Å². The number of nitrogens with one attached hydrogen (secondary N) is 1. The Hall–Kier alpha value is -3.11. The minimum Gasteiger partial charge on any atom is -0.441 e. The van der Waals surface area contributed by atoms with E-state index < -0.39 is 11.8 Å². The monoisotopic (exact) mass is 359 g/mol. The topological polar surface area (TPSA) is 47.6 Å². The van der Waals surface area contributed by atoms with Crippen molar-refractivity contribution in [3.63, 3.8) is 0 Å². The SMILES string of the molecule is O=C1N[C@@](OCc2ccccc2)(c2ccccc2)C[C@@H](c2ccccc2)O1. The van der Waals surface area contributed by atoms with Crippen LogP contribution in [-0.2, 0) is 21.8 Å². The van der Waals surface area contributed by atoms with Crippen molar-refractivity contribution in [2.24, 2.45) is 0 Å². The van der Waals surface area contributed by atoms with Crippen LogP contribution >= 0.6 is 0 Å². The molecule has 2 atom stereocenters. The summed E-state index contributed by atoms with van der Waals surface area (Å²) in [6.07, 6.45) is -0.373. The Bertz CT molecular complexity index is 883. The minimum absolute atomic E-state index is 0.379. The molecule has 1 heterocycles. The molecule has 0 spiro atoms. The second-order valence-electron chi connectivity index (χ2n) is 6.60. The number of carbonyl (C=O) groups is 1. The lowest BCUT2D eigenvalue weighted by molar-refractivity contribution is -0.133. The van der Waals surface area contributed by atoms with Crippen LogP contribution in [0.5, 0.6) is 0 Å².